The molecule has 12 nitrogen and oxygen atoms in total. The highest BCUT2D eigenvalue weighted by molar-refractivity contribution is 5.67. The molecule has 2 saturated carbocycles. The third-order valence-corrected chi connectivity index (χ3v) is 10.2. The van der Waals surface area contributed by atoms with Crippen LogP contribution in [0.1, 0.15) is 74.1 Å². The summed E-state index contributed by atoms with van der Waals surface area (Å²) in [6.45, 7) is 15.6. The summed E-state index contributed by atoms with van der Waals surface area (Å²) in [4.78, 5) is 37.1. The van der Waals surface area contributed by atoms with Crippen LogP contribution in [0.15, 0.2) is 23.3 Å². The second kappa shape index (κ2) is 12.8. The molecule has 0 amide bonds. The maximum absolute atomic E-state index is 12.7. The van der Waals surface area contributed by atoms with E-state index in [1.54, 1.807) is 0 Å². The molecule has 3 aliphatic carbocycles. The predicted octanol–water partition coefficient (Wildman–Crippen LogP) is 1.71. The van der Waals surface area contributed by atoms with Gasteiger partial charge in [0.1, 0.15) is 42.7 Å². The second-order valence-corrected chi connectivity index (χ2v) is 13.7. The fourth-order valence-corrected chi connectivity index (χ4v) is 8.52. The van der Waals surface area contributed by atoms with Crippen molar-refractivity contribution < 1.29 is 58.5 Å². The van der Waals surface area contributed by atoms with Crippen molar-refractivity contribution >= 4 is 17.9 Å². The Morgan fingerprint density at radius 1 is 0.932 bits per heavy atom. The first-order valence-electron chi connectivity index (χ1n) is 15.3. The van der Waals surface area contributed by atoms with Gasteiger partial charge in [0.15, 0.2) is 6.29 Å². The van der Waals surface area contributed by atoms with Crippen LogP contribution in [0.4, 0.5) is 0 Å². The fourth-order valence-electron chi connectivity index (χ4n) is 8.52. The van der Waals surface area contributed by atoms with Gasteiger partial charge in [-0.15, -0.1) is 0 Å². The van der Waals surface area contributed by atoms with Gasteiger partial charge in [-0.3, -0.25) is 14.4 Å². The molecular weight excluding hydrogens is 576 g/mol. The molecule has 0 radical (unpaired) electrons. The molecule has 12 atom stereocenters. The van der Waals surface area contributed by atoms with Gasteiger partial charge >= 0.3 is 17.9 Å². The molecule has 3 fully saturated rings. The third-order valence-electron chi connectivity index (χ3n) is 10.2. The molecule has 1 saturated heterocycles. The minimum absolute atomic E-state index is 0.318. The van der Waals surface area contributed by atoms with Crippen LogP contribution < -0.4 is 0 Å². The molecule has 0 aromatic carbocycles. The van der Waals surface area contributed by atoms with E-state index in [0.717, 1.165) is 11.1 Å². The minimum atomic E-state index is -1.62. The Kier molecular flexibility index (Phi) is 10.0. The molecule has 4 N–H and O–H groups in total. The monoisotopic (exact) mass is 624 g/mol. The van der Waals surface area contributed by atoms with Crippen LogP contribution in [0.2, 0.25) is 0 Å². The van der Waals surface area contributed by atoms with Crippen molar-refractivity contribution in [1.29, 1.82) is 0 Å². The van der Waals surface area contributed by atoms with Crippen molar-refractivity contribution in [2.24, 2.45) is 22.7 Å². The number of aliphatic hydroxyl groups is 4. The van der Waals surface area contributed by atoms with E-state index in [-0.39, 0.29) is 0 Å². The highest BCUT2D eigenvalue weighted by atomic mass is 16.7. The molecular formula is C32H48O12. The van der Waals surface area contributed by atoms with E-state index in [0.29, 0.717) is 31.3 Å². The number of ether oxygens (including phenoxy) is 5. The Hall–Kier alpha value is -2.35. The van der Waals surface area contributed by atoms with Gasteiger partial charge in [-0.2, -0.15) is 0 Å². The van der Waals surface area contributed by atoms with Crippen molar-refractivity contribution in [1.82, 2.24) is 0 Å². The first-order valence-corrected chi connectivity index (χ1v) is 15.3. The highest BCUT2D eigenvalue weighted by Gasteiger charge is 2.61. The molecule has 12 heteroatoms. The summed E-state index contributed by atoms with van der Waals surface area (Å²) >= 11 is 0. The summed E-state index contributed by atoms with van der Waals surface area (Å²) in [7, 11) is 0. The number of hydrogen-bond acceptors (Lipinski definition) is 12. The predicted molar refractivity (Wildman–Crippen MR) is 154 cm³/mol. The maximum atomic E-state index is 12.7. The number of carbonyl (C=O) groups excluding carboxylic acids is 3. The van der Waals surface area contributed by atoms with Crippen molar-refractivity contribution in [3.63, 3.8) is 0 Å². The van der Waals surface area contributed by atoms with E-state index in [9.17, 15) is 34.8 Å². The zero-order valence-corrected chi connectivity index (χ0v) is 26.6. The summed E-state index contributed by atoms with van der Waals surface area (Å²) in [5.41, 5.74) is 0.844. The van der Waals surface area contributed by atoms with Gasteiger partial charge in [-0.05, 0) is 48.2 Å². The van der Waals surface area contributed by atoms with Gasteiger partial charge in [-0.1, -0.05) is 32.9 Å². The number of rotatable bonds is 6. The van der Waals surface area contributed by atoms with Gasteiger partial charge in [0.25, 0.3) is 0 Å². The molecule has 1 heterocycles. The molecule has 1 aliphatic heterocycles. The molecule has 0 spiro atoms. The van der Waals surface area contributed by atoms with Crippen LogP contribution >= 0.6 is 0 Å². The van der Waals surface area contributed by atoms with E-state index in [1.807, 2.05) is 27.7 Å². The molecule has 248 valence electrons. The number of carbonyl (C=O) groups is 3. The normalized spacial score (nSPS) is 42.0. The lowest BCUT2D eigenvalue weighted by Gasteiger charge is -2.59. The molecule has 0 aromatic heterocycles. The van der Waals surface area contributed by atoms with Gasteiger partial charge in [0, 0.05) is 39.0 Å². The average Bonchev–Trinajstić information content (AvgIpc) is 2.88. The van der Waals surface area contributed by atoms with Crippen molar-refractivity contribution in [3.05, 3.63) is 23.3 Å². The smallest absolute Gasteiger partial charge is 0.303 e. The number of fused-ring (bicyclic) bond motifs is 3. The van der Waals surface area contributed by atoms with E-state index in [4.69, 9.17) is 23.7 Å². The van der Waals surface area contributed by atoms with Crippen LogP contribution in [0.3, 0.4) is 0 Å². The Morgan fingerprint density at radius 3 is 2.11 bits per heavy atom. The van der Waals surface area contributed by atoms with Crippen LogP contribution in [-0.4, -0.2) is 100 Å². The Morgan fingerprint density at radius 2 is 1.55 bits per heavy atom. The van der Waals surface area contributed by atoms with Gasteiger partial charge in [0.05, 0.1) is 12.7 Å². The van der Waals surface area contributed by atoms with Gasteiger partial charge in [-0.25, -0.2) is 0 Å². The van der Waals surface area contributed by atoms with E-state index in [2.05, 4.69) is 6.58 Å². The SMILES string of the molecule is C=C1[C@@H](OC(C)=O)CC[C@@]2(C)C[C@H](O[C@@H]3O[C@H](CO)[C@@H](O)[C@H](O)[C@H]3O)C3=C(C)C[C@H](OC(C)=O)[C@@H]([C@@H](OC(C)=O)[C@H]12)C3(C)C. The maximum Gasteiger partial charge on any atom is 0.303 e. The van der Waals surface area contributed by atoms with Crippen molar-refractivity contribution in [2.75, 3.05) is 6.61 Å². The van der Waals surface area contributed by atoms with Crippen LogP contribution in [0.25, 0.3) is 0 Å². The third kappa shape index (κ3) is 6.34. The van der Waals surface area contributed by atoms with Crippen molar-refractivity contribution in [2.45, 2.75) is 129 Å². The molecule has 2 bridgehead atoms. The number of esters is 3. The summed E-state index contributed by atoms with van der Waals surface area (Å²) in [6, 6.07) is 0. The lowest BCUT2D eigenvalue weighted by molar-refractivity contribution is -0.312. The Labute approximate surface area is 258 Å². The topological polar surface area (TPSA) is 178 Å². The summed E-state index contributed by atoms with van der Waals surface area (Å²) in [5, 5.41) is 41.5. The summed E-state index contributed by atoms with van der Waals surface area (Å²) < 4.78 is 30.1. The first-order chi connectivity index (χ1) is 20.4. The lowest BCUT2D eigenvalue weighted by Crippen LogP contribution is -2.62. The number of hydrogen-bond donors (Lipinski definition) is 4. The Balaban J connectivity index is 1.90. The lowest BCUT2D eigenvalue weighted by atomic mass is 9.50. The molecule has 44 heavy (non-hydrogen) atoms. The molecule has 0 aromatic rings. The summed E-state index contributed by atoms with van der Waals surface area (Å²) in [6.07, 6.45) is -8.47. The zero-order valence-electron chi connectivity index (χ0n) is 26.6. The van der Waals surface area contributed by atoms with Crippen LogP contribution in [-0.2, 0) is 38.1 Å². The summed E-state index contributed by atoms with van der Waals surface area (Å²) in [5.74, 6) is -2.59. The van der Waals surface area contributed by atoms with Crippen LogP contribution in [0, 0.1) is 22.7 Å². The second-order valence-electron chi connectivity index (χ2n) is 13.7. The average molecular weight is 625 g/mol. The van der Waals surface area contributed by atoms with Gasteiger partial charge < -0.3 is 44.1 Å². The highest BCUT2D eigenvalue weighted by Crippen LogP contribution is 2.61. The zero-order chi connectivity index (χ0) is 32.9. The van der Waals surface area contributed by atoms with Crippen molar-refractivity contribution in [3.8, 4) is 0 Å². The van der Waals surface area contributed by atoms with Gasteiger partial charge in [0.2, 0.25) is 0 Å². The first kappa shape index (κ1) is 34.5. The number of aliphatic hydroxyl groups excluding tert-OH is 4. The fraction of sp³-hybridized carbons (Fsp3) is 0.781. The largest absolute Gasteiger partial charge is 0.462 e. The molecule has 0 unspecified atom stereocenters. The minimum Gasteiger partial charge on any atom is -0.462 e. The van der Waals surface area contributed by atoms with Crippen LogP contribution in [0.5, 0.6) is 0 Å². The molecule has 4 aliphatic rings. The van der Waals surface area contributed by atoms with E-state index < -0.39 is 102 Å². The molecule has 4 rings (SSSR count). The standard InChI is InChI=1S/C32H48O12/c1-14-11-20(41-17(4)35)25-29(42-18(5)36)24-15(2)19(40-16(3)34)9-10-32(24,8)12-21(23(14)31(25,6)7)43-30-28(39)27(38)26(37)22(13-33)44-30/h19-22,24-30,33,37-39H,2,9-13H2,1,3-8H3/t19-,20-,21-,22+,24-,25-,26+,27-,28+,29-,30+,32-/m0/s1. The quantitative estimate of drug-likeness (QED) is 0.191. The van der Waals surface area contributed by atoms with E-state index in [1.165, 1.54) is 20.8 Å². The van der Waals surface area contributed by atoms with E-state index >= 15 is 0 Å². The Bertz CT molecular complexity index is 1180.